The summed E-state index contributed by atoms with van der Waals surface area (Å²) in [6.45, 7) is 4.97. The summed E-state index contributed by atoms with van der Waals surface area (Å²) in [6, 6.07) is 1.34. The average Bonchev–Trinajstić information content (AvgIpc) is 2.58. The standard InChI is InChI=1S/C22H29NO5/c1-12-4-19(25)28-13(2)20(12)21(26)27-11-18(24)23-14(3)22-8-15-5-16(9-22)7-17(6-15)10-22/h4,14-17H,5-11H2,1-3H3,(H,23,24)/t14-,15?,16?,17?,22?/m0/s1. The quantitative estimate of drug-likeness (QED) is 0.785. The molecule has 4 aliphatic carbocycles. The van der Waals surface area contributed by atoms with E-state index in [-0.39, 0.29) is 35.3 Å². The third-order valence-electron chi connectivity index (χ3n) is 7.25. The molecule has 4 bridgehead atoms. The number of amides is 1. The molecule has 1 heterocycles. The van der Waals surface area contributed by atoms with Crippen molar-refractivity contribution in [2.75, 3.05) is 6.61 Å². The lowest BCUT2D eigenvalue weighted by molar-refractivity contribution is -0.128. The Hall–Kier alpha value is -2.11. The van der Waals surface area contributed by atoms with Crippen molar-refractivity contribution >= 4 is 11.9 Å². The van der Waals surface area contributed by atoms with Crippen LogP contribution < -0.4 is 10.9 Å². The number of rotatable bonds is 5. The molecule has 0 saturated heterocycles. The second-order valence-corrected chi connectivity index (χ2v) is 9.32. The van der Waals surface area contributed by atoms with Gasteiger partial charge in [-0.25, -0.2) is 9.59 Å². The topological polar surface area (TPSA) is 85.6 Å². The summed E-state index contributed by atoms with van der Waals surface area (Å²) in [7, 11) is 0. The highest BCUT2D eigenvalue weighted by Crippen LogP contribution is 2.61. The molecule has 0 radical (unpaired) electrons. The first kappa shape index (κ1) is 19.2. The second kappa shape index (κ2) is 7.05. The van der Waals surface area contributed by atoms with Gasteiger partial charge in [0.05, 0.1) is 0 Å². The zero-order chi connectivity index (χ0) is 20.1. The second-order valence-electron chi connectivity index (χ2n) is 9.32. The van der Waals surface area contributed by atoms with Gasteiger partial charge in [-0.1, -0.05) is 0 Å². The van der Waals surface area contributed by atoms with Crippen LogP contribution in [0, 0.1) is 37.0 Å². The molecular weight excluding hydrogens is 358 g/mol. The van der Waals surface area contributed by atoms with Gasteiger partial charge in [0.2, 0.25) is 0 Å². The van der Waals surface area contributed by atoms with Crippen LogP contribution >= 0.6 is 0 Å². The molecule has 1 amide bonds. The van der Waals surface area contributed by atoms with E-state index in [4.69, 9.17) is 9.15 Å². The lowest BCUT2D eigenvalue weighted by Crippen LogP contribution is -2.56. The van der Waals surface area contributed by atoms with Crippen LogP contribution in [-0.4, -0.2) is 24.5 Å². The van der Waals surface area contributed by atoms with E-state index in [0.717, 1.165) is 17.8 Å². The number of esters is 1. The number of ether oxygens (including phenoxy) is 1. The van der Waals surface area contributed by atoms with Gasteiger partial charge in [0.1, 0.15) is 11.3 Å². The molecule has 1 aromatic rings. The highest BCUT2D eigenvalue weighted by Gasteiger charge is 2.53. The Morgan fingerprint density at radius 3 is 2.29 bits per heavy atom. The summed E-state index contributed by atoms with van der Waals surface area (Å²) in [5.74, 6) is 1.75. The molecule has 0 aromatic carbocycles. The molecule has 0 unspecified atom stereocenters. The Morgan fingerprint density at radius 2 is 1.75 bits per heavy atom. The van der Waals surface area contributed by atoms with Crippen molar-refractivity contribution in [3.63, 3.8) is 0 Å². The molecule has 152 valence electrons. The van der Waals surface area contributed by atoms with Crippen LogP contribution in [0.3, 0.4) is 0 Å². The molecule has 1 N–H and O–H groups in total. The fourth-order valence-electron chi connectivity index (χ4n) is 6.41. The maximum Gasteiger partial charge on any atom is 0.342 e. The normalized spacial score (nSPS) is 31.5. The van der Waals surface area contributed by atoms with Gasteiger partial charge in [-0.3, -0.25) is 4.79 Å². The van der Waals surface area contributed by atoms with E-state index in [1.807, 2.05) is 0 Å². The van der Waals surface area contributed by atoms with Crippen LogP contribution in [0.25, 0.3) is 0 Å². The van der Waals surface area contributed by atoms with Gasteiger partial charge in [0.15, 0.2) is 6.61 Å². The minimum atomic E-state index is -0.642. The molecule has 1 aromatic heterocycles. The van der Waals surface area contributed by atoms with Crippen molar-refractivity contribution in [3.8, 4) is 0 Å². The maximum atomic E-state index is 12.4. The van der Waals surface area contributed by atoms with Gasteiger partial charge < -0.3 is 14.5 Å². The van der Waals surface area contributed by atoms with Crippen molar-refractivity contribution in [1.82, 2.24) is 5.32 Å². The van der Waals surface area contributed by atoms with Gasteiger partial charge in [0, 0.05) is 12.1 Å². The van der Waals surface area contributed by atoms with Gasteiger partial charge in [-0.15, -0.1) is 0 Å². The van der Waals surface area contributed by atoms with E-state index in [1.165, 1.54) is 44.6 Å². The fraction of sp³-hybridized carbons (Fsp3) is 0.682. The number of nitrogens with one attached hydrogen (secondary N) is 1. The first-order valence-electron chi connectivity index (χ1n) is 10.3. The first-order valence-corrected chi connectivity index (χ1v) is 10.3. The summed E-state index contributed by atoms with van der Waals surface area (Å²) in [5.41, 5.74) is 0.404. The Bertz CT molecular complexity index is 793. The molecule has 6 nitrogen and oxygen atoms in total. The number of carbonyl (C=O) groups is 2. The highest BCUT2D eigenvalue weighted by atomic mass is 16.5. The molecule has 4 aliphatic rings. The minimum Gasteiger partial charge on any atom is -0.452 e. The predicted molar refractivity (Wildman–Crippen MR) is 103 cm³/mol. The average molecular weight is 387 g/mol. The summed E-state index contributed by atoms with van der Waals surface area (Å²) in [6.07, 6.45) is 7.72. The Labute approximate surface area is 165 Å². The first-order chi connectivity index (χ1) is 13.3. The van der Waals surface area contributed by atoms with E-state index in [0.29, 0.717) is 5.56 Å². The Balaban J connectivity index is 1.35. The SMILES string of the molecule is Cc1cc(=O)oc(C)c1C(=O)OCC(=O)N[C@@H](C)C12CC3CC(CC(C3)C1)C2. The molecule has 28 heavy (non-hydrogen) atoms. The number of carbonyl (C=O) groups excluding carboxylic acids is 2. The Morgan fingerprint density at radius 1 is 1.18 bits per heavy atom. The van der Waals surface area contributed by atoms with E-state index < -0.39 is 11.6 Å². The smallest absolute Gasteiger partial charge is 0.342 e. The molecule has 0 spiro atoms. The predicted octanol–water partition coefficient (Wildman–Crippen LogP) is 3.13. The molecule has 0 aliphatic heterocycles. The Kier molecular flexibility index (Phi) is 4.84. The van der Waals surface area contributed by atoms with Crippen LogP contribution in [0.1, 0.15) is 67.1 Å². The van der Waals surface area contributed by atoms with E-state index in [2.05, 4.69) is 12.2 Å². The molecule has 4 fully saturated rings. The van der Waals surface area contributed by atoms with Crippen LogP contribution in [0.2, 0.25) is 0 Å². The summed E-state index contributed by atoms with van der Waals surface area (Å²) in [4.78, 5) is 36.1. The largest absolute Gasteiger partial charge is 0.452 e. The van der Waals surface area contributed by atoms with E-state index >= 15 is 0 Å². The summed E-state index contributed by atoms with van der Waals surface area (Å²) >= 11 is 0. The fourth-order valence-corrected chi connectivity index (χ4v) is 6.41. The van der Waals surface area contributed by atoms with E-state index in [1.54, 1.807) is 13.8 Å². The molecule has 6 heteroatoms. The monoisotopic (exact) mass is 387 g/mol. The van der Waals surface area contributed by atoms with Gasteiger partial charge >= 0.3 is 11.6 Å². The van der Waals surface area contributed by atoms with Crippen LogP contribution in [0.4, 0.5) is 0 Å². The highest BCUT2D eigenvalue weighted by molar-refractivity contribution is 5.93. The summed E-state index contributed by atoms with van der Waals surface area (Å²) in [5, 5.41) is 3.09. The van der Waals surface area contributed by atoms with Crippen molar-refractivity contribution in [1.29, 1.82) is 0 Å². The van der Waals surface area contributed by atoms with Crippen molar-refractivity contribution < 1.29 is 18.7 Å². The van der Waals surface area contributed by atoms with Gasteiger partial charge in [0.25, 0.3) is 5.91 Å². The zero-order valence-corrected chi connectivity index (χ0v) is 16.9. The van der Waals surface area contributed by atoms with Crippen LogP contribution in [-0.2, 0) is 9.53 Å². The lowest BCUT2D eigenvalue weighted by atomic mass is 9.48. The number of hydrogen-bond donors (Lipinski definition) is 1. The molecular formula is C22H29NO5. The summed E-state index contributed by atoms with van der Waals surface area (Å²) < 4.78 is 10.2. The van der Waals surface area contributed by atoms with Gasteiger partial charge in [-0.05, 0) is 88.0 Å². The maximum absolute atomic E-state index is 12.4. The zero-order valence-electron chi connectivity index (χ0n) is 16.9. The lowest BCUT2D eigenvalue weighted by Gasteiger charge is -2.59. The third kappa shape index (κ3) is 3.49. The van der Waals surface area contributed by atoms with Gasteiger partial charge in [-0.2, -0.15) is 0 Å². The number of hydrogen-bond acceptors (Lipinski definition) is 5. The molecule has 5 rings (SSSR count). The van der Waals surface area contributed by atoms with Crippen molar-refractivity contribution in [3.05, 3.63) is 33.4 Å². The van der Waals surface area contributed by atoms with Crippen LogP contribution in [0.5, 0.6) is 0 Å². The van der Waals surface area contributed by atoms with E-state index in [9.17, 15) is 14.4 Å². The molecule has 4 saturated carbocycles. The van der Waals surface area contributed by atoms with Crippen molar-refractivity contribution in [2.45, 2.75) is 65.3 Å². The van der Waals surface area contributed by atoms with Crippen molar-refractivity contribution in [2.24, 2.45) is 23.2 Å². The number of aryl methyl sites for hydroxylation is 2. The minimum absolute atomic E-state index is 0.0883. The third-order valence-corrected chi connectivity index (χ3v) is 7.25. The molecule has 1 atom stereocenters. The van der Waals surface area contributed by atoms with Crippen LogP contribution in [0.15, 0.2) is 15.3 Å².